The first-order valence-electron chi connectivity index (χ1n) is 8.70. The Bertz CT molecular complexity index is 816. The van der Waals surface area contributed by atoms with Crippen LogP contribution in [0.1, 0.15) is 10.4 Å². The number of hydrogen-bond donors (Lipinski definition) is 1. The lowest BCUT2D eigenvalue weighted by Crippen LogP contribution is -2.51. The summed E-state index contributed by atoms with van der Waals surface area (Å²) in [7, 11) is 1.55. The summed E-state index contributed by atoms with van der Waals surface area (Å²) in [6, 6.07) is 13.4. The SMILES string of the molecule is COc1ccccc1OCC(=O)N1CCN(C(=O)c2cccc(O)c2)CC1. The van der Waals surface area contributed by atoms with Crippen molar-refractivity contribution in [1.82, 2.24) is 9.80 Å². The molecule has 3 rings (SSSR count). The fourth-order valence-electron chi connectivity index (χ4n) is 2.95. The van der Waals surface area contributed by atoms with Gasteiger partial charge in [0.15, 0.2) is 18.1 Å². The molecule has 1 aliphatic rings. The molecule has 1 aliphatic heterocycles. The van der Waals surface area contributed by atoms with Crippen LogP contribution in [0.15, 0.2) is 48.5 Å². The fraction of sp³-hybridized carbons (Fsp3) is 0.300. The van der Waals surface area contributed by atoms with E-state index in [-0.39, 0.29) is 24.2 Å². The molecule has 27 heavy (non-hydrogen) atoms. The van der Waals surface area contributed by atoms with Crippen molar-refractivity contribution in [3.63, 3.8) is 0 Å². The van der Waals surface area contributed by atoms with Crippen LogP contribution in [0.3, 0.4) is 0 Å². The Kier molecular flexibility index (Phi) is 5.80. The third-order valence-corrected chi connectivity index (χ3v) is 4.43. The van der Waals surface area contributed by atoms with Gasteiger partial charge in [0.25, 0.3) is 11.8 Å². The van der Waals surface area contributed by atoms with Crippen molar-refractivity contribution in [1.29, 1.82) is 0 Å². The molecule has 1 N–H and O–H groups in total. The van der Waals surface area contributed by atoms with Gasteiger partial charge in [0.05, 0.1) is 7.11 Å². The average molecular weight is 370 g/mol. The lowest BCUT2D eigenvalue weighted by Gasteiger charge is -2.34. The van der Waals surface area contributed by atoms with Crippen molar-refractivity contribution in [2.24, 2.45) is 0 Å². The number of ether oxygens (including phenoxy) is 2. The molecule has 2 amide bonds. The van der Waals surface area contributed by atoms with Crippen LogP contribution in [-0.2, 0) is 4.79 Å². The van der Waals surface area contributed by atoms with Crippen molar-refractivity contribution in [3.05, 3.63) is 54.1 Å². The zero-order chi connectivity index (χ0) is 19.2. The molecular weight excluding hydrogens is 348 g/mol. The van der Waals surface area contributed by atoms with Gasteiger partial charge in [0.1, 0.15) is 5.75 Å². The summed E-state index contributed by atoms with van der Waals surface area (Å²) < 4.78 is 10.8. The van der Waals surface area contributed by atoms with E-state index in [1.165, 1.54) is 12.1 Å². The summed E-state index contributed by atoms with van der Waals surface area (Å²) in [5.41, 5.74) is 0.439. The van der Waals surface area contributed by atoms with Crippen LogP contribution in [0.25, 0.3) is 0 Å². The van der Waals surface area contributed by atoms with Gasteiger partial charge in [0, 0.05) is 31.7 Å². The second kappa shape index (κ2) is 8.44. The van der Waals surface area contributed by atoms with Crippen LogP contribution in [0, 0.1) is 0 Å². The van der Waals surface area contributed by atoms with E-state index < -0.39 is 0 Å². The fourth-order valence-corrected chi connectivity index (χ4v) is 2.95. The van der Waals surface area contributed by atoms with Crippen LogP contribution < -0.4 is 9.47 Å². The molecule has 0 aromatic heterocycles. The predicted octanol–water partition coefficient (Wildman–Crippen LogP) is 1.76. The van der Waals surface area contributed by atoms with Crippen molar-refractivity contribution in [2.45, 2.75) is 0 Å². The Balaban J connectivity index is 1.51. The van der Waals surface area contributed by atoms with Gasteiger partial charge in [-0.1, -0.05) is 18.2 Å². The summed E-state index contributed by atoms with van der Waals surface area (Å²) in [6.07, 6.45) is 0. The van der Waals surface area contributed by atoms with Gasteiger partial charge in [-0.25, -0.2) is 0 Å². The molecule has 0 bridgehead atoms. The standard InChI is InChI=1S/C20H22N2O5/c1-26-17-7-2-3-8-18(17)27-14-19(24)21-9-11-22(12-10-21)20(25)15-5-4-6-16(23)13-15/h2-8,13,23H,9-12,14H2,1H3. The molecule has 0 unspecified atom stereocenters. The summed E-state index contributed by atoms with van der Waals surface area (Å²) in [5.74, 6) is 0.870. The zero-order valence-corrected chi connectivity index (χ0v) is 15.1. The van der Waals surface area contributed by atoms with Crippen LogP contribution in [0.5, 0.6) is 17.2 Å². The van der Waals surface area contributed by atoms with E-state index in [4.69, 9.17) is 9.47 Å². The molecule has 0 aliphatic carbocycles. The van der Waals surface area contributed by atoms with E-state index in [2.05, 4.69) is 0 Å². The number of amides is 2. The minimum Gasteiger partial charge on any atom is -0.508 e. The largest absolute Gasteiger partial charge is 0.508 e. The number of benzene rings is 2. The number of carbonyl (C=O) groups is 2. The summed E-state index contributed by atoms with van der Waals surface area (Å²) in [5, 5.41) is 9.52. The molecular formula is C20H22N2O5. The normalized spacial score (nSPS) is 14.0. The Morgan fingerprint density at radius 3 is 2.30 bits per heavy atom. The maximum absolute atomic E-state index is 12.5. The quantitative estimate of drug-likeness (QED) is 0.868. The van der Waals surface area contributed by atoms with Gasteiger partial charge in [-0.15, -0.1) is 0 Å². The van der Waals surface area contributed by atoms with E-state index in [0.717, 1.165) is 0 Å². The number of aromatic hydroxyl groups is 1. The summed E-state index contributed by atoms with van der Waals surface area (Å²) >= 11 is 0. The highest BCUT2D eigenvalue weighted by molar-refractivity contribution is 5.94. The van der Waals surface area contributed by atoms with Crippen molar-refractivity contribution in [2.75, 3.05) is 39.9 Å². The molecule has 7 nitrogen and oxygen atoms in total. The first kappa shape index (κ1) is 18.6. The predicted molar refractivity (Wildman–Crippen MR) is 99.1 cm³/mol. The topological polar surface area (TPSA) is 79.3 Å². The molecule has 0 atom stereocenters. The van der Waals surface area contributed by atoms with E-state index >= 15 is 0 Å². The molecule has 0 saturated carbocycles. The number of methoxy groups -OCH3 is 1. The van der Waals surface area contributed by atoms with Crippen molar-refractivity contribution < 1.29 is 24.2 Å². The molecule has 0 spiro atoms. The monoisotopic (exact) mass is 370 g/mol. The van der Waals surface area contributed by atoms with Crippen LogP contribution in [0.4, 0.5) is 0 Å². The Morgan fingerprint density at radius 2 is 1.63 bits per heavy atom. The van der Waals surface area contributed by atoms with Gasteiger partial charge in [-0.3, -0.25) is 9.59 Å². The van der Waals surface area contributed by atoms with Crippen LogP contribution in [0.2, 0.25) is 0 Å². The van der Waals surface area contributed by atoms with Crippen LogP contribution >= 0.6 is 0 Å². The number of phenolic OH excluding ortho intramolecular Hbond substituents is 1. The first-order valence-corrected chi connectivity index (χ1v) is 8.70. The molecule has 7 heteroatoms. The van der Waals surface area contributed by atoms with Gasteiger partial charge < -0.3 is 24.4 Å². The third kappa shape index (κ3) is 4.49. The van der Waals surface area contributed by atoms with E-state index in [0.29, 0.717) is 43.2 Å². The number of carbonyl (C=O) groups excluding carboxylic acids is 2. The average Bonchev–Trinajstić information content (AvgIpc) is 2.71. The maximum Gasteiger partial charge on any atom is 0.260 e. The molecule has 2 aromatic rings. The Hall–Kier alpha value is -3.22. The van der Waals surface area contributed by atoms with Crippen LogP contribution in [-0.4, -0.2) is 66.6 Å². The highest BCUT2D eigenvalue weighted by atomic mass is 16.5. The number of para-hydroxylation sites is 2. The molecule has 142 valence electrons. The second-order valence-corrected chi connectivity index (χ2v) is 6.16. The lowest BCUT2D eigenvalue weighted by molar-refractivity contribution is -0.134. The van der Waals surface area contributed by atoms with Gasteiger partial charge >= 0.3 is 0 Å². The van der Waals surface area contributed by atoms with Gasteiger partial charge in [-0.05, 0) is 30.3 Å². The first-order chi connectivity index (χ1) is 13.1. The smallest absolute Gasteiger partial charge is 0.260 e. The second-order valence-electron chi connectivity index (χ2n) is 6.16. The number of phenols is 1. The Labute approximate surface area is 157 Å². The number of rotatable bonds is 5. The Morgan fingerprint density at radius 1 is 0.963 bits per heavy atom. The molecule has 0 radical (unpaired) electrons. The molecule has 1 fully saturated rings. The molecule has 1 saturated heterocycles. The van der Waals surface area contributed by atoms with Gasteiger partial charge in [0.2, 0.25) is 0 Å². The molecule has 1 heterocycles. The summed E-state index contributed by atoms with van der Waals surface area (Å²) in [6.45, 7) is 1.68. The van der Waals surface area contributed by atoms with E-state index in [1.807, 2.05) is 12.1 Å². The lowest BCUT2D eigenvalue weighted by atomic mass is 10.1. The number of hydrogen-bond acceptors (Lipinski definition) is 5. The number of piperazine rings is 1. The summed E-state index contributed by atoms with van der Waals surface area (Å²) in [4.78, 5) is 28.2. The molecule has 2 aromatic carbocycles. The van der Waals surface area contributed by atoms with Gasteiger partial charge in [-0.2, -0.15) is 0 Å². The minimum atomic E-state index is -0.150. The number of nitrogens with zero attached hydrogens (tertiary/aromatic N) is 2. The third-order valence-electron chi connectivity index (χ3n) is 4.43. The maximum atomic E-state index is 12.5. The zero-order valence-electron chi connectivity index (χ0n) is 15.1. The van der Waals surface area contributed by atoms with E-state index in [1.54, 1.807) is 41.2 Å². The highest BCUT2D eigenvalue weighted by Gasteiger charge is 2.25. The minimum absolute atomic E-state index is 0.0585. The van der Waals surface area contributed by atoms with Crippen molar-refractivity contribution in [3.8, 4) is 17.2 Å². The van der Waals surface area contributed by atoms with E-state index in [9.17, 15) is 14.7 Å². The van der Waals surface area contributed by atoms with Crippen molar-refractivity contribution >= 4 is 11.8 Å². The highest BCUT2D eigenvalue weighted by Crippen LogP contribution is 2.25.